The van der Waals surface area contributed by atoms with E-state index in [1.165, 1.54) is 0 Å². The predicted octanol–water partition coefficient (Wildman–Crippen LogP) is 8.92. The molecule has 1 aliphatic heterocycles. The molecule has 8 rings (SSSR count). The molecule has 0 atom stereocenters. The zero-order chi connectivity index (χ0) is 35.5. The lowest BCUT2D eigenvalue weighted by molar-refractivity contribution is 0.630. The van der Waals surface area contributed by atoms with Gasteiger partial charge in [-0.3, -0.25) is 0 Å². The van der Waals surface area contributed by atoms with Crippen molar-refractivity contribution in [1.29, 1.82) is 0 Å². The third kappa shape index (κ3) is 3.50. The van der Waals surface area contributed by atoms with Crippen molar-refractivity contribution in [1.82, 2.24) is 19.5 Å². The highest BCUT2D eigenvalue weighted by molar-refractivity contribution is 6.11. The molecule has 0 unspecified atom stereocenters. The fourth-order valence-corrected chi connectivity index (χ4v) is 5.98. The van der Waals surface area contributed by atoms with Gasteiger partial charge in [0.15, 0.2) is 17.5 Å². The van der Waals surface area contributed by atoms with Crippen molar-refractivity contribution in [2.75, 3.05) is 0 Å². The van der Waals surface area contributed by atoms with Gasteiger partial charge in [-0.25, -0.2) is 15.0 Å². The number of aromatic nitrogens is 4. The van der Waals surface area contributed by atoms with Gasteiger partial charge in [0.25, 0.3) is 0 Å². The average Bonchev–Trinajstić information content (AvgIpc) is 3.45. The van der Waals surface area contributed by atoms with E-state index in [0.717, 1.165) is 38.6 Å². The third-order valence-electron chi connectivity index (χ3n) is 7.99. The van der Waals surface area contributed by atoms with Gasteiger partial charge in [0, 0.05) is 32.9 Å². The molecule has 2 aromatic heterocycles. The lowest BCUT2D eigenvalue weighted by atomic mass is 9.74. The molecule has 0 aliphatic carbocycles. The molecule has 0 amide bonds. The largest absolute Gasteiger partial charge is 0.309 e. The Morgan fingerprint density at radius 3 is 2.22 bits per heavy atom. The Balaban J connectivity index is 1.43. The number of benzene rings is 5. The van der Waals surface area contributed by atoms with Gasteiger partial charge in [-0.15, -0.1) is 0 Å². The maximum atomic E-state index is 8.74. The van der Waals surface area contributed by atoms with Crippen molar-refractivity contribution in [2.24, 2.45) is 0 Å². The van der Waals surface area contributed by atoms with Crippen molar-refractivity contribution >= 4 is 21.8 Å². The number of hydrogen-bond acceptors (Lipinski definition) is 3. The fourth-order valence-electron chi connectivity index (χ4n) is 5.98. The number of rotatable bonds is 3. The summed E-state index contributed by atoms with van der Waals surface area (Å²) in [6.45, 7) is 5.86. The van der Waals surface area contributed by atoms with Crippen molar-refractivity contribution < 1.29 is 12.3 Å². The molecule has 0 bridgehead atoms. The first-order valence-corrected chi connectivity index (χ1v) is 13.3. The Hall–Kier alpha value is -5.09. The smallest absolute Gasteiger partial charge is 0.164 e. The van der Waals surface area contributed by atoms with Gasteiger partial charge in [0.2, 0.25) is 0 Å². The van der Waals surface area contributed by atoms with Gasteiger partial charge in [-0.05, 0) is 47.9 Å². The zero-order valence-electron chi connectivity index (χ0n) is 31.6. The lowest BCUT2D eigenvalue weighted by Gasteiger charge is -2.35. The van der Waals surface area contributed by atoms with E-state index in [-0.39, 0.29) is 46.2 Å². The van der Waals surface area contributed by atoms with E-state index >= 15 is 0 Å². The van der Waals surface area contributed by atoms with Crippen LogP contribution in [0, 0.1) is 6.92 Å². The van der Waals surface area contributed by atoms with Gasteiger partial charge < -0.3 is 4.57 Å². The molecule has 4 heteroatoms. The molecule has 3 heterocycles. The monoisotopic (exact) mass is 537 g/mol. The van der Waals surface area contributed by atoms with E-state index in [2.05, 4.69) is 58.7 Å². The molecule has 0 saturated carbocycles. The van der Waals surface area contributed by atoms with Gasteiger partial charge in [0.1, 0.15) is 0 Å². The summed E-state index contributed by atoms with van der Waals surface area (Å²) in [6, 6.07) is 16.3. The molecule has 0 saturated heterocycles. The van der Waals surface area contributed by atoms with Gasteiger partial charge in [0.05, 0.1) is 29.1 Å². The van der Waals surface area contributed by atoms with Gasteiger partial charge >= 0.3 is 0 Å². The van der Waals surface area contributed by atoms with E-state index in [4.69, 9.17) is 17.3 Å². The van der Waals surface area contributed by atoms with E-state index < -0.39 is 47.7 Å². The highest BCUT2D eigenvalue weighted by Gasteiger charge is 2.35. The summed E-state index contributed by atoms with van der Waals surface area (Å²) in [5.74, 6) is -0.209. The molecule has 7 aromatic rings. The molecular formula is C37H28N4. The van der Waals surface area contributed by atoms with E-state index in [0.29, 0.717) is 5.56 Å². The van der Waals surface area contributed by atoms with E-state index in [1.54, 1.807) is 6.92 Å². The van der Waals surface area contributed by atoms with Crippen molar-refractivity contribution in [3.63, 3.8) is 0 Å². The number of para-hydroxylation sites is 2. The lowest BCUT2D eigenvalue weighted by Crippen LogP contribution is -2.26. The Bertz CT molecular complexity index is 2500. The maximum Gasteiger partial charge on any atom is 0.164 e. The molecule has 196 valence electrons. The Morgan fingerprint density at radius 1 is 0.659 bits per heavy atom. The van der Waals surface area contributed by atoms with Crippen LogP contribution < -0.4 is 0 Å². The molecule has 1 aliphatic rings. The van der Waals surface area contributed by atoms with Crippen LogP contribution >= 0.6 is 0 Å². The fraction of sp³-hybridized carbons (Fsp3) is 0.108. The van der Waals surface area contributed by atoms with Crippen molar-refractivity contribution in [3.8, 4) is 39.9 Å². The second kappa shape index (κ2) is 8.70. The van der Waals surface area contributed by atoms with Crippen LogP contribution in [0.4, 0.5) is 0 Å². The quantitative estimate of drug-likeness (QED) is 0.226. The van der Waals surface area contributed by atoms with Gasteiger partial charge in [-0.1, -0.05) is 105 Å². The van der Waals surface area contributed by atoms with E-state index in [9.17, 15) is 0 Å². The van der Waals surface area contributed by atoms with Crippen molar-refractivity contribution in [2.45, 2.75) is 26.2 Å². The molecule has 0 fully saturated rings. The Morgan fingerprint density at radius 2 is 1.37 bits per heavy atom. The second-order valence-electron chi connectivity index (χ2n) is 10.7. The maximum absolute atomic E-state index is 8.74. The van der Waals surface area contributed by atoms with Crippen LogP contribution in [0.3, 0.4) is 0 Å². The number of nitrogens with zero attached hydrogens (tertiary/aromatic N) is 4. The summed E-state index contributed by atoms with van der Waals surface area (Å²) in [4.78, 5) is 14.0. The zero-order valence-corrected chi connectivity index (χ0v) is 22.6. The van der Waals surface area contributed by atoms with Crippen molar-refractivity contribution in [3.05, 3.63) is 132 Å². The van der Waals surface area contributed by atoms with Crippen LogP contribution in [0.15, 0.2) is 115 Å². The Labute approximate surface area is 251 Å². The minimum absolute atomic E-state index is 0.0293. The first kappa shape index (κ1) is 16.2. The van der Waals surface area contributed by atoms with Crippen LogP contribution in [0.1, 0.15) is 42.9 Å². The molecule has 0 radical (unpaired) electrons. The first-order chi connectivity index (χ1) is 23.7. The molecule has 41 heavy (non-hydrogen) atoms. The summed E-state index contributed by atoms with van der Waals surface area (Å²) >= 11 is 0. The summed E-state index contributed by atoms with van der Waals surface area (Å²) in [5, 5.41) is 2.30. The molecule has 0 N–H and O–H groups in total. The molecule has 0 spiro atoms. The molecular weight excluding hydrogens is 500 g/mol. The number of hydrogen-bond donors (Lipinski definition) is 0. The minimum Gasteiger partial charge on any atom is -0.309 e. The Kier molecular flexibility index (Phi) is 3.45. The minimum atomic E-state index is -0.560. The summed E-state index contributed by atoms with van der Waals surface area (Å²) in [5.41, 5.74) is 5.40. The highest BCUT2D eigenvalue weighted by Crippen LogP contribution is 2.48. The van der Waals surface area contributed by atoms with Crippen LogP contribution in [-0.2, 0) is 5.41 Å². The topological polar surface area (TPSA) is 43.6 Å². The first-order valence-electron chi connectivity index (χ1n) is 17.8. The van der Waals surface area contributed by atoms with Crippen LogP contribution in [0.2, 0.25) is 0 Å². The normalized spacial score (nSPS) is 16.5. The van der Waals surface area contributed by atoms with Crippen LogP contribution in [-0.4, -0.2) is 19.5 Å². The van der Waals surface area contributed by atoms with Crippen LogP contribution in [0.25, 0.3) is 61.7 Å². The molecule has 4 nitrogen and oxygen atoms in total. The average molecular weight is 538 g/mol. The summed E-state index contributed by atoms with van der Waals surface area (Å²) in [6.07, 6.45) is 0. The molecule has 5 aromatic carbocycles. The summed E-state index contributed by atoms with van der Waals surface area (Å²) < 4.78 is 78.0. The standard InChI is InChI=1S/C37H28N4/c1-23-12-7-8-15-26(23)36-39-34(24-13-5-4-6-14-24)38-35(40-36)25-20-21-32-30(22-25)37(2,3)29-18-11-17-28-27-16-9-10-19-31(27)41(32)33(28)29/h4-22H,1-3H3/i4D,5D,6D,7D,8D,12D,13D,14D,15D. The number of fused-ring (bicyclic) bond motifs is 5. The summed E-state index contributed by atoms with van der Waals surface area (Å²) in [7, 11) is 0. The highest BCUT2D eigenvalue weighted by atomic mass is 15.0. The SMILES string of the molecule is [2H]c1c([2H])c([2H])c(-c2nc(-c3ccc4c(c3)C(C)(C)c3cccc5c6ccccc6n-4c35)nc(-c3c([2H])c([2H])c([2H])c([2H])c3C)n2)c([2H])c1[2H]. The van der Waals surface area contributed by atoms with Gasteiger partial charge in [-0.2, -0.15) is 0 Å². The van der Waals surface area contributed by atoms with E-state index in [1.807, 2.05) is 30.3 Å². The third-order valence-corrected chi connectivity index (χ3v) is 7.99. The predicted molar refractivity (Wildman–Crippen MR) is 167 cm³/mol. The second-order valence-corrected chi connectivity index (χ2v) is 10.7. The van der Waals surface area contributed by atoms with Crippen LogP contribution in [0.5, 0.6) is 0 Å².